The van der Waals surface area contributed by atoms with E-state index in [9.17, 15) is 0 Å². The summed E-state index contributed by atoms with van der Waals surface area (Å²) in [5.41, 5.74) is -0.0963. The fourth-order valence-electron chi connectivity index (χ4n) is 1.87. The Hall–Kier alpha value is -0.221. The molecule has 0 aliphatic heterocycles. The second kappa shape index (κ2) is 11.7. The van der Waals surface area contributed by atoms with Gasteiger partial charge in [0.1, 0.15) is 0 Å². The molecular formula is C22H46MnN4. The first-order valence-corrected chi connectivity index (χ1v) is 9.65. The van der Waals surface area contributed by atoms with E-state index in [1.807, 2.05) is 12.4 Å². The van der Waals surface area contributed by atoms with E-state index in [2.05, 4.69) is 112 Å². The first-order valence-electron chi connectivity index (χ1n) is 9.65. The van der Waals surface area contributed by atoms with E-state index in [4.69, 9.17) is 5.32 Å². The van der Waals surface area contributed by atoms with Crippen molar-refractivity contribution in [1.82, 2.24) is 0 Å². The standard InChI is InChI=1S/C12H25N2.C10H21N2.Mn/c1-10(2,3)13-9-12(7,8)14-11(4,5)6;1-9(2,3)11-7-8-12-10(4,5)6;/h9H,1-8H3;7H,8H2,1-6H3;/q2*-1;+2. The van der Waals surface area contributed by atoms with E-state index in [0.717, 1.165) is 6.54 Å². The van der Waals surface area contributed by atoms with Crippen molar-refractivity contribution in [2.24, 2.45) is 9.98 Å². The van der Waals surface area contributed by atoms with Gasteiger partial charge in [0.05, 0.1) is 11.1 Å². The molecule has 0 rings (SSSR count). The molecule has 161 valence electrons. The number of nitrogens with zero attached hydrogens (tertiary/aromatic N) is 4. The molecule has 0 unspecified atom stereocenters. The zero-order valence-corrected chi connectivity index (χ0v) is 21.7. The first kappa shape index (κ1) is 31.5. The van der Waals surface area contributed by atoms with E-state index in [-0.39, 0.29) is 44.8 Å². The van der Waals surface area contributed by atoms with Crippen LogP contribution in [0.15, 0.2) is 9.98 Å². The van der Waals surface area contributed by atoms with Gasteiger partial charge in [-0.1, -0.05) is 60.9 Å². The van der Waals surface area contributed by atoms with Gasteiger partial charge in [-0.3, -0.25) is 9.98 Å². The van der Waals surface area contributed by atoms with Crippen LogP contribution in [0.2, 0.25) is 0 Å². The van der Waals surface area contributed by atoms with Gasteiger partial charge in [0.25, 0.3) is 0 Å². The van der Waals surface area contributed by atoms with Crippen molar-refractivity contribution >= 4 is 12.4 Å². The maximum absolute atomic E-state index is 4.70. The molecule has 0 aromatic carbocycles. The fourth-order valence-corrected chi connectivity index (χ4v) is 1.87. The molecule has 0 fully saturated rings. The van der Waals surface area contributed by atoms with Crippen LogP contribution in [0, 0.1) is 0 Å². The molecule has 0 saturated carbocycles. The van der Waals surface area contributed by atoms with Crippen molar-refractivity contribution in [2.45, 2.75) is 125 Å². The molecule has 0 saturated heterocycles. The minimum atomic E-state index is -0.175. The molecule has 0 heterocycles. The summed E-state index contributed by atoms with van der Waals surface area (Å²) in [7, 11) is 0. The van der Waals surface area contributed by atoms with Gasteiger partial charge in [-0.05, 0) is 54.0 Å². The molecular weight excluding hydrogens is 375 g/mol. The van der Waals surface area contributed by atoms with Gasteiger partial charge in [-0.2, -0.15) is 0 Å². The third-order valence-electron chi connectivity index (χ3n) is 2.52. The Bertz CT molecular complexity index is 439. The third kappa shape index (κ3) is 30.7. The summed E-state index contributed by atoms with van der Waals surface area (Å²) in [6, 6.07) is 0. The van der Waals surface area contributed by atoms with Gasteiger partial charge >= 0.3 is 17.1 Å². The second-order valence-corrected chi connectivity index (χ2v) is 11.4. The van der Waals surface area contributed by atoms with Gasteiger partial charge < -0.3 is 10.6 Å². The molecule has 0 aromatic heterocycles. The number of hydrogen-bond donors (Lipinski definition) is 0. The Morgan fingerprint density at radius 2 is 1.04 bits per heavy atom. The topological polar surface area (TPSA) is 52.9 Å². The molecule has 0 aliphatic carbocycles. The summed E-state index contributed by atoms with van der Waals surface area (Å²) in [6.45, 7) is 30.1. The van der Waals surface area contributed by atoms with Gasteiger partial charge in [0.2, 0.25) is 0 Å². The van der Waals surface area contributed by atoms with Gasteiger partial charge in [-0.15, -0.1) is 17.6 Å². The summed E-state index contributed by atoms with van der Waals surface area (Å²) in [5.74, 6) is 0. The normalized spacial score (nSPS) is 14.1. The van der Waals surface area contributed by atoms with Gasteiger partial charge in [-0.25, -0.2) is 0 Å². The molecule has 0 atom stereocenters. The summed E-state index contributed by atoms with van der Waals surface area (Å²) in [5, 5.41) is 9.11. The van der Waals surface area contributed by atoms with Crippen molar-refractivity contribution in [3.05, 3.63) is 10.6 Å². The van der Waals surface area contributed by atoms with E-state index in [1.54, 1.807) is 0 Å². The molecule has 0 amide bonds. The Morgan fingerprint density at radius 3 is 1.33 bits per heavy atom. The SMILES string of the molecule is CC(C)(C)N=CC(C)(C)[N-]C(C)(C)C.CC(C)(C)N=CC[N-]C(C)(C)C.[Mn+2]. The quantitative estimate of drug-likeness (QED) is 0.353. The number of rotatable bonds is 4. The van der Waals surface area contributed by atoms with Crippen LogP contribution in [0.1, 0.15) is 96.9 Å². The Kier molecular flexibility index (Phi) is 13.6. The minimum absolute atomic E-state index is 0. The monoisotopic (exact) mass is 421 g/mol. The van der Waals surface area contributed by atoms with Crippen molar-refractivity contribution < 1.29 is 17.1 Å². The summed E-state index contributed by atoms with van der Waals surface area (Å²) < 4.78 is 0. The maximum atomic E-state index is 4.70. The number of aliphatic imine (C=N–C) groups is 2. The molecule has 0 aromatic rings. The van der Waals surface area contributed by atoms with Crippen LogP contribution in [-0.4, -0.2) is 46.7 Å². The van der Waals surface area contributed by atoms with Crippen LogP contribution in [0.3, 0.4) is 0 Å². The smallest absolute Gasteiger partial charge is 0.653 e. The Labute approximate surface area is 181 Å². The third-order valence-corrected chi connectivity index (χ3v) is 2.52. The second-order valence-electron chi connectivity index (χ2n) is 11.4. The Balaban J connectivity index is -0.000000416. The molecule has 4 nitrogen and oxygen atoms in total. The average Bonchev–Trinajstić information content (AvgIpc) is 2.27. The van der Waals surface area contributed by atoms with E-state index in [0.29, 0.717) is 0 Å². The van der Waals surface area contributed by atoms with E-state index >= 15 is 0 Å². The molecule has 0 bridgehead atoms. The van der Waals surface area contributed by atoms with Crippen molar-refractivity contribution in [2.75, 3.05) is 6.54 Å². The van der Waals surface area contributed by atoms with Crippen LogP contribution in [0.4, 0.5) is 0 Å². The molecule has 0 aliphatic rings. The summed E-state index contributed by atoms with van der Waals surface area (Å²) >= 11 is 0. The largest absolute Gasteiger partial charge is 2.00 e. The predicted molar refractivity (Wildman–Crippen MR) is 122 cm³/mol. The zero-order valence-electron chi connectivity index (χ0n) is 20.5. The molecule has 0 spiro atoms. The minimum Gasteiger partial charge on any atom is -0.653 e. The molecule has 27 heavy (non-hydrogen) atoms. The van der Waals surface area contributed by atoms with E-state index in [1.165, 1.54) is 0 Å². The summed E-state index contributed by atoms with van der Waals surface area (Å²) in [4.78, 5) is 8.83. The van der Waals surface area contributed by atoms with Gasteiger partial charge in [0.15, 0.2) is 0 Å². The Morgan fingerprint density at radius 1 is 0.630 bits per heavy atom. The van der Waals surface area contributed by atoms with Crippen LogP contribution in [-0.2, 0) is 17.1 Å². The van der Waals surface area contributed by atoms with Crippen molar-refractivity contribution in [3.63, 3.8) is 0 Å². The molecule has 5 heteroatoms. The van der Waals surface area contributed by atoms with Crippen LogP contribution >= 0.6 is 0 Å². The van der Waals surface area contributed by atoms with Gasteiger partial charge in [0, 0.05) is 0 Å². The average molecular weight is 422 g/mol. The molecule has 0 N–H and O–H groups in total. The predicted octanol–water partition coefficient (Wildman–Crippen LogP) is 6.83. The van der Waals surface area contributed by atoms with Crippen LogP contribution in [0.25, 0.3) is 10.6 Å². The summed E-state index contributed by atoms with van der Waals surface area (Å²) in [6.07, 6.45) is 3.85. The zero-order chi connectivity index (χ0) is 21.4. The first-order chi connectivity index (χ1) is 11.1. The maximum Gasteiger partial charge on any atom is 2.00 e. The van der Waals surface area contributed by atoms with Crippen molar-refractivity contribution in [1.29, 1.82) is 0 Å². The number of hydrogen-bond acceptors (Lipinski definition) is 2. The van der Waals surface area contributed by atoms with Crippen molar-refractivity contribution in [3.8, 4) is 0 Å². The van der Waals surface area contributed by atoms with Crippen LogP contribution in [0.5, 0.6) is 0 Å². The van der Waals surface area contributed by atoms with E-state index < -0.39 is 0 Å². The van der Waals surface area contributed by atoms with Crippen LogP contribution < -0.4 is 0 Å². The molecule has 1 radical (unpaired) electrons. The fraction of sp³-hybridized carbons (Fsp3) is 0.909.